The van der Waals surface area contributed by atoms with Crippen molar-refractivity contribution in [3.05, 3.63) is 54.4 Å². The van der Waals surface area contributed by atoms with Gasteiger partial charge < -0.3 is 10.6 Å². The minimum Gasteiger partial charge on any atom is -0.358 e. The highest BCUT2D eigenvalue weighted by Gasteiger charge is 2.26. The largest absolute Gasteiger partial charge is 0.358 e. The van der Waals surface area contributed by atoms with Gasteiger partial charge in [-0.2, -0.15) is 5.10 Å². The molecule has 0 radical (unpaired) electrons. The molecule has 1 aromatic carbocycles. The molecule has 0 aliphatic rings. The first kappa shape index (κ1) is 17.5. The first-order valence-corrected chi connectivity index (χ1v) is 8.36. The van der Waals surface area contributed by atoms with Crippen LogP contribution in [-0.2, 0) is 6.54 Å². The van der Waals surface area contributed by atoms with Crippen LogP contribution in [0.1, 0.15) is 39.3 Å². The zero-order valence-corrected chi connectivity index (χ0v) is 15.1. The SMILES string of the molecule is CC(NC(=S)NC(Cn1cccn1)C(C)(C)C)c1ccccc1. The van der Waals surface area contributed by atoms with Crippen molar-refractivity contribution >= 4 is 17.3 Å². The molecular weight excluding hydrogens is 304 g/mol. The molecule has 0 bridgehead atoms. The van der Waals surface area contributed by atoms with Crippen molar-refractivity contribution in [1.29, 1.82) is 0 Å². The highest BCUT2D eigenvalue weighted by molar-refractivity contribution is 7.80. The van der Waals surface area contributed by atoms with Crippen molar-refractivity contribution in [2.75, 3.05) is 0 Å². The van der Waals surface area contributed by atoms with Gasteiger partial charge in [-0.05, 0) is 36.2 Å². The van der Waals surface area contributed by atoms with Gasteiger partial charge in [-0.1, -0.05) is 51.1 Å². The molecule has 0 amide bonds. The van der Waals surface area contributed by atoms with Gasteiger partial charge in [-0.15, -0.1) is 0 Å². The average molecular weight is 331 g/mol. The van der Waals surface area contributed by atoms with E-state index in [4.69, 9.17) is 12.2 Å². The predicted octanol–water partition coefficient (Wildman–Crippen LogP) is 3.52. The molecule has 2 atom stereocenters. The van der Waals surface area contributed by atoms with E-state index in [-0.39, 0.29) is 17.5 Å². The zero-order chi connectivity index (χ0) is 16.9. The van der Waals surface area contributed by atoms with E-state index < -0.39 is 0 Å². The Labute approximate surface area is 144 Å². The number of nitrogens with one attached hydrogen (secondary N) is 2. The van der Waals surface area contributed by atoms with Gasteiger partial charge in [0.25, 0.3) is 0 Å². The maximum atomic E-state index is 5.52. The second kappa shape index (κ2) is 7.59. The summed E-state index contributed by atoms with van der Waals surface area (Å²) in [6.07, 6.45) is 3.78. The third-order valence-corrected chi connectivity index (χ3v) is 4.16. The summed E-state index contributed by atoms with van der Waals surface area (Å²) in [6, 6.07) is 12.6. The van der Waals surface area contributed by atoms with E-state index >= 15 is 0 Å². The van der Waals surface area contributed by atoms with E-state index in [2.05, 4.69) is 55.6 Å². The second-order valence-corrected chi connectivity index (χ2v) is 7.31. The maximum Gasteiger partial charge on any atom is 0.167 e. The lowest BCUT2D eigenvalue weighted by molar-refractivity contribution is 0.260. The minimum atomic E-state index is 0.0632. The van der Waals surface area contributed by atoms with Crippen LogP contribution >= 0.6 is 12.2 Å². The number of hydrogen-bond donors (Lipinski definition) is 2. The molecule has 2 aromatic rings. The summed E-state index contributed by atoms with van der Waals surface area (Å²) in [5.74, 6) is 0. The molecule has 0 aliphatic carbocycles. The molecule has 0 fully saturated rings. The fourth-order valence-electron chi connectivity index (χ4n) is 2.35. The number of thiocarbonyl (C=S) groups is 1. The highest BCUT2D eigenvalue weighted by atomic mass is 32.1. The van der Waals surface area contributed by atoms with Gasteiger partial charge in [0.1, 0.15) is 0 Å². The van der Waals surface area contributed by atoms with Crippen LogP contribution in [0.4, 0.5) is 0 Å². The fraction of sp³-hybridized carbons (Fsp3) is 0.444. The molecular formula is C18H26N4S. The van der Waals surface area contributed by atoms with E-state index in [1.54, 1.807) is 6.20 Å². The van der Waals surface area contributed by atoms with Crippen LogP contribution in [-0.4, -0.2) is 20.9 Å². The summed E-state index contributed by atoms with van der Waals surface area (Å²) in [6.45, 7) is 9.51. The van der Waals surface area contributed by atoms with Crippen LogP contribution in [0.3, 0.4) is 0 Å². The standard InChI is InChI=1S/C18H26N4S/c1-14(15-9-6-5-7-10-15)20-17(23)21-16(18(2,3)4)13-22-12-8-11-19-22/h5-12,14,16H,13H2,1-4H3,(H2,20,21,23). The summed E-state index contributed by atoms with van der Waals surface area (Å²) >= 11 is 5.52. The van der Waals surface area contributed by atoms with Crippen molar-refractivity contribution < 1.29 is 0 Å². The minimum absolute atomic E-state index is 0.0632. The third-order valence-electron chi connectivity index (χ3n) is 3.93. The Bertz CT molecular complexity index is 602. The molecule has 0 aliphatic heterocycles. The fourth-order valence-corrected chi connectivity index (χ4v) is 2.67. The summed E-state index contributed by atoms with van der Waals surface area (Å²) in [5, 5.41) is 11.8. The first-order chi connectivity index (χ1) is 10.9. The molecule has 0 saturated heterocycles. The van der Waals surface area contributed by atoms with Crippen LogP contribution in [0.25, 0.3) is 0 Å². The lowest BCUT2D eigenvalue weighted by atomic mass is 9.87. The normalized spacial score (nSPS) is 14.1. The molecule has 0 saturated carbocycles. The zero-order valence-electron chi connectivity index (χ0n) is 14.3. The van der Waals surface area contributed by atoms with Gasteiger partial charge >= 0.3 is 0 Å². The third kappa shape index (κ3) is 5.36. The van der Waals surface area contributed by atoms with E-state index in [0.717, 1.165) is 6.54 Å². The van der Waals surface area contributed by atoms with Crippen molar-refractivity contribution in [1.82, 2.24) is 20.4 Å². The summed E-state index contributed by atoms with van der Waals surface area (Å²) in [5.41, 5.74) is 1.28. The quantitative estimate of drug-likeness (QED) is 0.823. The molecule has 0 spiro atoms. The number of aromatic nitrogens is 2. The van der Waals surface area contributed by atoms with E-state index in [9.17, 15) is 0 Å². The van der Waals surface area contributed by atoms with Crippen molar-refractivity contribution in [3.8, 4) is 0 Å². The van der Waals surface area contributed by atoms with Gasteiger partial charge in [-0.25, -0.2) is 0 Å². The number of nitrogens with zero attached hydrogens (tertiary/aromatic N) is 2. The van der Waals surface area contributed by atoms with Crippen LogP contribution in [0.5, 0.6) is 0 Å². The number of rotatable bonds is 5. The topological polar surface area (TPSA) is 41.9 Å². The number of benzene rings is 1. The molecule has 1 heterocycles. The molecule has 2 N–H and O–H groups in total. The Balaban J connectivity index is 1.97. The predicted molar refractivity (Wildman–Crippen MR) is 99.2 cm³/mol. The molecule has 4 nitrogen and oxygen atoms in total. The average Bonchev–Trinajstić information content (AvgIpc) is 2.99. The second-order valence-electron chi connectivity index (χ2n) is 6.90. The Morgan fingerprint density at radius 2 is 1.87 bits per heavy atom. The highest BCUT2D eigenvalue weighted by Crippen LogP contribution is 2.21. The molecule has 124 valence electrons. The molecule has 5 heteroatoms. The van der Waals surface area contributed by atoms with E-state index in [1.165, 1.54) is 5.56 Å². The summed E-state index contributed by atoms with van der Waals surface area (Å²) in [7, 11) is 0. The Morgan fingerprint density at radius 3 is 2.43 bits per heavy atom. The van der Waals surface area contributed by atoms with E-state index in [1.807, 2.05) is 35.1 Å². The van der Waals surface area contributed by atoms with Crippen molar-refractivity contribution in [2.24, 2.45) is 5.41 Å². The Morgan fingerprint density at radius 1 is 1.17 bits per heavy atom. The smallest absolute Gasteiger partial charge is 0.167 e. The maximum absolute atomic E-state index is 5.52. The monoisotopic (exact) mass is 330 g/mol. The molecule has 1 aromatic heterocycles. The molecule has 2 rings (SSSR count). The van der Waals surface area contributed by atoms with Gasteiger partial charge in [0, 0.05) is 12.4 Å². The van der Waals surface area contributed by atoms with Gasteiger partial charge in [-0.3, -0.25) is 4.68 Å². The summed E-state index contributed by atoms with van der Waals surface area (Å²) < 4.78 is 1.94. The van der Waals surface area contributed by atoms with Gasteiger partial charge in [0.15, 0.2) is 5.11 Å². The van der Waals surface area contributed by atoms with Crippen LogP contribution in [0.15, 0.2) is 48.8 Å². The number of hydrogen-bond acceptors (Lipinski definition) is 2. The Hall–Kier alpha value is -1.88. The summed E-state index contributed by atoms with van der Waals surface area (Å²) in [4.78, 5) is 0. The van der Waals surface area contributed by atoms with Crippen LogP contribution in [0, 0.1) is 5.41 Å². The molecule has 23 heavy (non-hydrogen) atoms. The Kier molecular flexibility index (Phi) is 5.77. The lowest BCUT2D eigenvalue weighted by Gasteiger charge is -2.33. The first-order valence-electron chi connectivity index (χ1n) is 7.95. The van der Waals surface area contributed by atoms with Crippen molar-refractivity contribution in [2.45, 2.75) is 46.3 Å². The lowest BCUT2D eigenvalue weighted by Crippen LogP contribution is -2.50. The van der Waals surface area contributed by atoms with Gasteiger partial charge in [0.2, 0.25) is 0 Å². The van der Waals surface area contributed by atoms with Crippen molar-refractivity contribution in [3.63, 3.8) is 0 Å². The van der Waals surface area contributed by atoms with Crippen LogP contribution < -0.4 is 10.6 Å². The van der Waals surface area contributed by atoms with Gasteiger partial charge in [0.05, 0.1) is 18.6 Å². The van der Waals surface area contributed by atoms with E-state index in [0.29, 0.717) is 5.11 Å². The molecule has 2 unspecified atom stereocenters. The van der Waals surface area contributed by atoms with Crippen LogP contribution in [0.2, 0.25) is 0 Å².